The van der Waals surface area contributed by atoms with Crippen molar-refractivity contribution in [1.82, 2.24) is 0 Å². The molecule has 20 heavy (non-hydrogen) atoms. The number of non-ortho nitro benzene ring substituents is 1. The molecule has 0 fully saturated rings. The Labute approximate surface area is 117 Å². The molecule has 3 rings (SSSR count). The third-order valence-electron chi connectivity index (χ3n) is 4.05. The number of hydrogen-bond donors (Lipinski definition) is 1. The minimum absolute atomic E-state index is 0.0568. The van der Waals surface area contributed by atoms with Gasteiger partial charge in [0.1, 0.15) is 0 Å². The maximum Gasteiger partial charge on any atom is 0.269 e. The quantitative estimate of drug-likeness (QED) is 0.687. The highest BCUT2D eigenvalue weighted by Crippen LogP contribution is 2.36. The van der Waals surface area contributed by atoms with E-state index in [9.17, 15) is 10.1 Å². The monoisotopic (exact) mass is 268 g/mol. The van der Waals surface area contributed by atoms with Crippen LogP contribution in [0.5, 0.6) is 0 Å². The van der Waals surface area contributed by atoms with Gasteiger partial charge in [-0.3, -0.25) is 10.1 Å². The van der Waals surface area contributed by atoms with Crippen LogP contribution in [-0.4, -0.2) is 4.92 Å². The Morgan fingerprint density at radius 2 is 1.85 bits per heavy atom. The standard InChI is InChI=1S/C16H16N2O2/c17-16-13(10-12-3-1-2-4-15(12)16)9-11-5-7-14(8-6-11)18(19)20/h1-8,13,16H,9-10,17H2. The molecular weight excluding hydrogens is 252 g/mol. The second kappa shape index (κ2) is 5.06. The summed E-state index contributed by atoms with van der Waals surface area (Å²) in [4.78, 5) is 10.3. The van der Waals surface area contributed by atoms with Gasteiger partial charge in [0.05, 0.1) is 4.92 Å². The molecule has 4 heteroatoms. The Balaban J connectivity index is 1.75. The Hall–Kier alpha value is -2.20. The van der Waals surface area contributed by atoms with Crippen LogP contribution in [0.3, 0.4) is 0 Å². The Morgan fingerprint density at radius 3 is 2.50 bits per heavy atom. The lowest BCUT2D eigenvalue weighted by molar-refractivity contribution is -0.384. The fraction of sp³-hybridized carbons (Fsp3) is 0.250. The fourth-order valence-electron chi connectivity index (χ4n) is 2.96. The lowest BCUT2D eigenvalue weighted by Gasteiger charge is -2.15. The normalized spacial score (nSPS) is 20.6. The molecule has 0 bridgehead atoms. The van der Waals surface area contributed by atoms with Gasteiger partial charge < -0.3 is 5.73 Å². The molecule has 0 radical (unpaired) electrons. The van der Waals surface area contributed by atoms with Crippen LogP contribution in [0.2, 0.25) is 0 Å². The van der Waals surface area contributed by atoms with Crippen molar-refractivity contribution in [3.8, 4) is 0 Å². The SMILES string of the molecule is NC1c2ccccc2CC1Cc1ccc([N+](=O)[O-])cc1. The van der Waals surface area contributed by atoms with Crippen LogP contribution >= 0.6 is 0 Å². The first-order chi connectivity index (χ1) is 9.65. The summed E-state index contributed by atoms with van der Waals surface area (Å²) >= 11 is 0. The number of rotatable bonds is 3. The van der Waals surface area contributed by atoms with Gasteiger partial charge in [-0.05, 0) is 35.4 Å². The second-order valence-corrected chi connectivity index (χ2v) is 5.32. The van der Waals surface area contributed by atoms with E-state index in [1.807, 2.05) is 24.3 Å². The van der Waals surface area contributed by atoms with Gasteiger partial charge in [-0.2, -0.15) is 0 Å². The molecule has 1 aliphatic carbocycles. The van der Waals surface area contributed by atoms with Crippen LogP contribution < -0.4 is 5.73 Å². The van der Waals surface area contributed by atoms with Crippen molar-refractivity contribution in [3.63, 3.8) is 0 Å². The maximum absolute atomic E-state index is 10.6. The van der Waals surface area contributed by atoms with Crippen LogP contribution in [0, 0.1) is 16.0 Å². The number of nitro benzene ring substituents is 1. The summed E-state index contributed by atoms with van der Waals surface area (Å²) in [6.45, 7) is 0. The molecule has 0 saturated heterocycles. The highest BCUT2D eigenvalue weighted by atomic mass is 16.6. The fourth-order valence-corrected chi connectivity index (χ4v) is 2.96. The minimum Gasteiger partial charge on any atom is -0.324 e. The number of benzene rings is 2. The first-order valence-electron chi connectivity index (χ1n) is 6.72. The zero-order chi connectivity index (χ0) is 14.1. The summed E-state index contributed by atoms with van der Waals surface area (Å²) in [6, 6.07) is 15.1. The van der Waals surface area contributed by atoms with E-state index < -0.39 is 0 Å². The lowest BCUT2D eigenvalue weighted by Crippen LogP contribution is -2.18. The van der Waals surface area contributed by atoms with Crippen molar-refractivity contribution in [3.05, 3.63) is 75.3 Å². The third kappa shape index (κ3) is 2.30. The van der Waals surface area contributed by atoms with Gasteiger partial charge in [0.2, 0.25) is 0 Å². The Bertz CT molecular complexity index is 637. The van der Waals surface area contributed by atoms with Gasteiger partial charge in [0.15, 0.2) is 0 Å². The molecule has 1 aliphatic rings. The van der Waals surface area contributed by atoms with Crippen molar-refractivity contribution >= 4 is 5.69 Å². The van der Waals surface area contributed by atoms with Gasteiger partial charge in [0.25, 0.3) is 5.69 Å². The molecule has 0 spiro atoms. The highest BCUT2D eigenvalue weighted by Gasteiger charge is 2.29. The second-order valence-electron chi connectivity index (χ2n) is 5.32. The van der Waals surface area contributed by atoms with E-state index >= 15 is 0 Å². The summed E-state index contributed by atoms with van der Waals surface area (Å²) in [5, 5.41) is 10.6. The maximum atomic E-state index is 10.6. The van der Waals surface area contributed by atoms with Crippen molar-refractivity contribution in [1.29, 1.82) is 0 Å². The third-order valence-corrected chi connectivity index (χ3v) is 4.05. The van der Waals surface area contributed by atoms with E-state index in [0.717, 1.165) is 18.4 Å². The predicted molar refractivity (Wildman–Crippen MR) is 77.4 cm³/mol. The van der Waals surface area contributed by atoms with Gasteiger partial charge in [-0.15, -0.1) is 0 Å². The van der Waals surface area contributed by atoms with E-state index in [0.29, 0.717) is 5.92 Å². The van der Waals surface area contributed by atoms with Crippen molar-refractivity contribution in [2.24, 2.45) is 11.7 Å². The van der Waals surface area contributed by atoms with E-state index in [2.05, 4.69) is 12.1 Å². The summed E-state index contributed by atoms with van der Waals surface area (Å²) in [7, 11) is 0. The molecule has 2 aromatic rings. The molecule has 2 N–H and O–H groups in total. The average molecular weight is 268 g/mol. The molecule has 102 valence electrons. The van der Waals surface area contributed by atoms with Gasteiger partial charge in [0, 0.05) is 18.2 Å². The molecule has 0 aromatic heterocycles. The molecule has 2 unspecified atom stereocenters. The molecule has 2 atom stereocenters. The van der Waals surface area contributed by atoms with Crippen molar-refractivity contribution in [2.45, 2.75) is 18.9 Å². The molecule has 0 aliphatic heterocycles. The smallest absolute Gasteiger partial charge is 0.269 e. The molecule has 0 heterocycles. The lowest BCUT2D eigenvalue weighted by atomic mass is 9.93. The van der Waals surface area contributed by atoms with Crippen LogP contribution in [0.15, 0.2) is 48.5 Å². The van der Waals surface area contributed by atoms with E-state index in [1.165, 1.54) is 11.1 Å². The minimum atomic E-state index is -0.374. The summed E-state index contributed by atoms with van der Waals surface area (Å²) in [6.07, 6.45) is 1.84. The van der Waals surface area contributed by atoms with Gasteiger partial charge >= 0.3 is 0 Å². The summed E-state index contributed by atoms with van der Waals surface area (Å²) in [5.74, 6) is 0.369. The van der Waals surface area contributed by atoms with E-state index in [-0.39, 0.29) is 16.7 Å². The average Bonchev–Trinajstić information content (AvgIpc) is 2.77. The van der Waals surface area contributed by atoms with Crippen molar-refractivity contribution < 1.29 is 4.92 Å². The zero-order valence-corrected chi connectivity index (χ0v) is 11.0. The van der Waals surface area contributed by atoms with Gasteiger partial charge in [-0.25, -0.2) is 0 Å². The Kier molecular flexibility index (Phi) is 3.24. The molecular formula is C16H16N2O2. The number of fused-ring (bicyclic) bond motifs is 1. The molecule has 2 aromatic carbocycles. The van der Waals surface area contributed by atoms with E-state index in [1.54, 1.807) is 12.1 Å². The van der Waals surface area contributed by atoms with Crippen LogP contribution in [-0.2, 0) is 12.8 Å². The highest BCUT2D eigenvalue weighted by molar-refractivity contribution is 5.37. The summed E-state index contributed by atoms with van der Waals surface area (Å²) < 4.78 is 0. The first kappa shape index (κ1) is 12.8. The number of nitro groups is 1. The number of nitrogens with two attached hydrogens (primary N) is 1. The zero-order valence-electron chi connectivity index (χ0n) is 11.0. The Morgan fingerprint density at radius 1 is 1.15 bits per heavy atom. The van der Waals surface area contributed by atoms with Crippen molar-refractivity contribution in [2.75, 3.05) is 0 Å². The van der Waals surface area contributed by atoms with Crippen LogP contribution in [0.25, 0.3) is 0 Å². The largest absolute Gasteiger partial charge is 0.324 e. The van der Waals surface area contributed by atoms with Crippen LogP contribution in [0.4, 0.5) is 5.69 Å². The van der Waals surface area contributed by atoms with E-state index in [4.69, 9.17) is 5.73 Å². The molecule has 4 nitrogen and oxygen atoms in total. The number of hydrogen-bond acceptors (Lipinski definition) is 3. The topological polar surface area (TPSA) is 69.2 Å². The summed E-state index contributed by atoms with van der Waals surface area (Å²) in [5.41, 5.74) is 10.1. The first-order valence-corrected chi connectivity index (χ1v) is 6.72. The van der Waals surface area contributed by atoms with Gasteiger partial charge in [-0.1, -0.05) is 36.4 Å². The number of nitrogens with zero attached hydrogens (tertiary/aromatic N) is 1. The molecule has 0 saturated carbocycles. The predicted octanol–water partition coefficient (Wildman–Crippen LogP) is 3.01. The molecule has 0 amide bonds. The van der Waals surface area contributed by atoms with Crippen LogP contribution in [0.1, 0.15) is 22.7 Å².